The van der Waals surface area contributed by atoms with Crippen molar-refractivity contribution in [1.82, 2.24) is 5.32 Å². The molecule has 0 aliphatic rings. The molecular formula is C17H14FNOS2. The SMILES string of the molecule is O=C(NCCSc1ccccc1)c1cc2c(F)cccc2s1. The molecule has 1 amide bonds. The second-order valence-corrected chi connectivity index (χ2v) is 6.93. The average molecular weight is 331 g/mol. The van der Waals surface area contributed by atoms with Gasteiger partial charge < -0.3 is 5.32 Å². The van der Waals surface area contributed by atoms with Gasteiger partial charge >= 0.3 is 0 Å². The van der Waals surface area contributed by atoms with Crippen LogP contribution in [0.5, 0.6) is 0 Å². The minimum absolute atomic E-state index is 0.144. The highest BCUT2D eigenvalue weighted by molar-refractivity contribution is 7.99. The van der Waals surface area contributed by atoms with Gasteiger partial charge in [0, 0.05) is 27.3 Å². The molecule has 0 atom stereocenters. The number of rotatable bonds is 5. The summed E-state index contributed by atoms with van der Waals surface area (Å²) in [7, 11) is 0. The van der Waals surface area contributed by atoms with E-state index in [0.29, 0.717) is 16.8 Å². The number of carbonyl (C=O) groups is 1. The predicted molar refractivity (Wildman–Crippen MR) is 91.3 cm³/mol. The molecule has 3 rings (SSSR count). The number of halogens is 1. The third-order valence-corrected chi connectivity index (χ3v) is 5.24. The van der Waals surface area contributed by atoms with Crippen LogP contribution in [0, 0.1) is 5.82 Å². The van der Waals surface area contributed by atoms with Crippen molar-refractivity contribution in [3.05, 3.63) is 65.3 Å². The number of nitrogens with one attached hydrogen (secondary N) is 1. The molecule has 5 heteroatoms. The van der Waals surface area contributed by atoms with Gasteiger partial charge in [0.1, 0.15) is 5.82 Å². The van der Waals surface area contributed by atoms with Gasteiger partial charge in [0.05, 0.1) is 4.88 Å². The third-order valence-electron chi connectivity index (χ3n) is 3.13. The van der Waals surface area contributed by atoms with Crippen LogP contribution in [-0.4, -0.2) is 18.2 Å². The van der Waals surface area contributed by atoms with Gasteiger partial charge in [-0.25, -0.2) is 4.39 Å². The van der Waals surface area contributed by atoms with Crippen LogP contribution >= 0.6 is 23.1 Å². The molecule has 0 saturated heterocycles. The Bertz CT molecular complexity index is 786. The smallest absolute Gasteiger partial charge is 0.261 e. The molecule has 0 radical (unpaired) electrons. The number of hydrogen-bond donors (Lipinski definition) is 1. The van der Waals surface area contributed by atoms with Crippen LogP contribution in [0.25, 0.3) is 10.1 Å². The highest BCUT2D eigenvalue weighted by Gasteiger charge is 2.11. The first kappa shape index (κ1) is 15.1. The zero-order valence-corrected chi connectivity index (χ0v) is 13.3. The third kappa shape index (κ3) is 3.48. The maximum absolute atomic E-state index is 13.6. The number of amides is 1. The van der Waals surface area contributed by atoms with Gasteiger partial charge in [0.15, 0.2) is 0 Å². The van der Waals surface area contributed by atoms with Gasteiger partial charge in [0.25, 0.3) is 5.91 Å². The summed E-state index contributed by atoms with van der Waals surface area (Å²) in [5.74, 6) is 0.372. The lowest BCUT2D eigenvalue weighted by Gasteiger charge is -2.03. The molecule has 0 spiro atoms. The maximum atomic E-state index is 13.6. The lowest BCUT2D eigenvalue weighted by molar-refractivity contribution is 0.0960. The van der Waals surface area contributed by atoms with Crippen LogP contribution in [0.1, 0.15) is 9.67 Å². The highest BCUT2D eigenvalue weighted by Crippen LogP contribution is 2.27. The predicted octanol–water partition coefficient (Wildman–Crippen LogP) is 4.56. The van der Waals surface area contributed by atoms with Gasteiger partial charge in [-0.3, -0.25) is 4.79 Å². The Morgan fingerprint density at radius 3 is 2.73 bits per heavy atom. The Labute approximate surface area is 136 Å². The molecule has 22 heavy (non-hydrogen) atoms. The molecule has 1 aromatic heterocycles. The van der Waals surface area contributed by atoms with Crippen LogP contribution in [0.2, 0.25) is 0 Å². The number of thiophene rings is 1. The second-order valence-electron chi connectivity index (χ2n) is 4.68. The molecule has 1 heterocycles. The molecule has 112 valence electrons. The van der Waals surface area contributed by atoms with Crippen molar-refractivity contribution in [3.63, 3.8) is 0 Å². The zero-order chi connectivity index (χ0) is 15.4. The molecule has 0 saturated carbocycles. The van der Waals surface area contributed by atoms with Crippen LogP contribution in [0.4, 0.5) is 4.39 Å². The molecule has 0 unspecified atom stereocenters. The van der Waals surface area contributed by atoms with Gasteiger partial charge in [-0.2, -0.15) is 0 Å². The Morgan fingerprint density at radius 1 is 1.14 bits per heavy atom. The zero-order valence-electron chi connectivity index (χ0n) is 11.7. The summed E-state index contributed by atoms with van der Waals surface area (Å²) in [5.41, 5.74) is 0. The summed E-state index contributed by atoms with van der Waals surface area (Å²) in [6.07, 6.45) is 0. The van der Waals surface area contributed by atoms with Gasteiger partial charge in [-0.05, 0) is 30.3 Å². The van der Waals surface area contributed by atoms with E-state index in [4.69, 9.17) is 0 Å². The van der Waals surface area contributed by atoms with E-state index in [1.165, 1.54) is 22.3 Å². The van der Waals surface area contributed by atoms with Gasteiger partial charge in [0.2, 0.25) is 0 Å². The van der Waals surface area contributed by atoms with E-state index in [2.05, 4.69) is 5.32 Å². The van der Waals surface area contributed by atoms with E-state index in [0.717, 1.165) is 10.5 Å². The largest absolute Gasteiger partial charge is 0.350 e. The van der Waals surface area contributed by atoms with Gasteiger partial charge in [-0.15, -0.1) is 23.1 Å². The fourth-order valence-electron chi connectivity index (χ4n) is 2.07. The van der Waals surface area contributed by atoms with Crippen molar-refractivity contribution < 1.29 is 9.18 Å². The summed E-state index contributed by atoms with van der Waals surface area (Å²) in [6.45, 7) is 0.578. The lowest BCUT2D eigenvalue weighted by atomic mass is 10.2. The molecule has 1 N–H and O–H groups in total. The molecule has 3 aromatic rings. The number of thioether (sulfide) groups is 1. The van der Waals surface area contributed by atoms with E-state index in [9.17, 15) is 9.18 Å². The Hall–Kier alpha value is -1.85. The topological polar surface area (TPSA) is 29.1 Å². The van der Waals surface area contributed by atoms with Crippen LogP contribution in [0.3, 0.4) is 0 Å². The molecule has 0 aliphatic carbocycles. The summed E-state index contributed by atoms with van der Waals surface area (Å²) < 4.78 is 14.4. The normalized spacial score (nSPS) is 10.8. The van der Waals surface area contributed by atoms with Crippen LogP contribution in [-0.2, 0) is 0 Å². The van der Waals surface area contributed by atoms with Crippen molar-refractivity contribution in [3.8, 4) is 0 Å². The Balaban J connectivity index is 1.56. The number of benzene rings is 2. The van der Waals surface area contributed by atoms with Crippen molar-refractivity contribution in [1.29, 1.82) is 0 Å². The summed E-state index contributed by atoms with van der Waals surface area (Å²) in [4.78, 5) is 13.8. The fourth-order valence-corrected chi connectivity index (χ4v) is 3.86. The molecular weight excluding hydrogens is 317 g/mol. The van der Waals surface area contributed by atoms with Crippen molar-refractivity contribution in [2.45, 2.75) is 4.90 Å². The monoisotopic (exact) mass is 331 g/mol. The first-order valence-corrected chi connectivity index (χ1v) is 8.68. The quantitative estimate of drug-likeness (QED) is 0.548. The van der Waals surface area contributed by atoms with E-state index in [-0.39, 0.29) is 11.7 Å². The highest BCUT2D eigenvalue weighted by atomic mass is 32.2. The van der Waals surface area contributed by atoms with E-state index < -0.39 is 0 Å². The number of fused-ring (bicyclic) bond motifs is 1. The maximum Gasteiger partial charge on any atom is 0.261 e. The summed E-state index contributed by atoms with van der Waals surface area (Å²) in [6, 6.07) is 16.6. The standard InChI is InChI=1S/C17H14FNOS2/c18-14-7-4-8-15-13(14)11-16(22-15)17(20)19-9-10-21-12-5-2-1-3-6-12/h1-8,11H,9-10H2,(H,19,20). The Kier molecular flexibility index (Phi) is 4.75. The second kappa shape index (κ2) is 6.94. The molecule has 0 fully saturated rings. The number of carbonyl (C=O) groups excluding carboxylic acids is 1. The lowest BCUT2D eigenvalue weighted by Crippen LogP contribution is -2.24. The minimum Gasteiger partial charge on any atom is -0.350 e. The van der Waals surface area contributed by atoms with Crippen LogP contribution in [0.15, 0.2) is 59.5 Å². The van der Waals surface area contributed by atoms with Crippen molar-refractivity contribution >= 4 is 39.1 Å². The minimum atomic E-state index is -0.285. The molecule has 2 nitrogen and oxygen atoms in total. The van der Waals surface area contributed by atoms with Crippen LogP contribution < -0.4 is 5.32 Å². The van der Waals surface area contributed by atoms with Crippen molar-refractivity contribution in [2.24, 2.45) is 0 Å². The molecule has 0 aliphatic heterocycles. The van der Waals surface area contributed by atoms with E-state index in [1.807, 2.05) is 36.4 Å². The first-order chi connectivity index (χ1) is 10.7. The fraction of sp³-hybridized carbons (Fsp3) is 0.118. The molecule has 0 bridgehead atoms. The van der Waals surface area contributed by atoms with E-state index in [1.54, 1.807) is 23.9 Å². The van der Waals surface area contributed by atoms with Crippen molar-refractivity contribution in [2.75, 3.05) is 12.3 Å². The molecule has 2 aromatic carbocycles. The van der Waals surface area contributed by atoms with E-state index >= 15 is 0 Å². The summed E-state index contributed by atoms with van der Waals surface area (Å²) >= 11 is 3.01. The summed E-state index contributed by atoms with van der Waals surface area (Å²) in [5, 5.41) is 3.39. The first-order valence-electron chi connectivity index (χ1n) is 6.88. The van der Waals surface area contributed by atoms with Gasteiger partial charge in [-0.1, -0.05) is 24.3 Å². The average Bonchev–Trinajstić information content (AvgIpc) is 2.98. The Morgan fingerprint density at radius 2 is 1.95 bits per heavy atom. The number of hydrogen-bond acceptors (Lipinski definition) is 3.